The first-order valence-electron chi connectivity index (χ1n) is 6.73. The first kappa shape index (κ1) is 15.4. The molecule has 1 N–H and O–H groups in total. The van der Waals surface area contributed by atoms with Crippen molar-refractivity contribution >= 4 is 17.6 Å². The molecule has 2 rings (SSSR count). The van der Waals surface area contributed by atoms with Gasteiger partial charge in [-0.2, -0.15) is 0 Å². The molecule has 7 heteroatoms. The lowest BCUT2D eigenvalue weighted by molar-refractivity contribution is -0.142. The van der Waals surface area contributed by atoms with Crippen LogP contribution in [0.5, 0.6) is 0 Å². The van der Waals surface area contributed by atoms with Crippen LogP contribution in [0.1, 0.15) is 20.3 Å². The van der Waals surface area contributed by atoms with Gasteiger partial charge in [0.25, 0.3) is 0 Å². The minimum absolute atomic E-state index is 0.223. The molecule has 1 aromatic carbocycles. The Labute approximate surface area is 127 Å². The SMILES string of the molecule is CC(C)CC(Cn1nnnc1-c1ccccc1Cl)C(=O)O. The number of tetrazole rings is 1. The van der Waals surface area contributed by atoms with Gasteiger partial charge in [-0.25, -0.2) is 4.68 Å². The molecule has 1 aromatic heterocycles. The fraction of sp³-hybridized carbons (Fsp3) is 0.429. The average molecular weight is 309 g/mol. The zero-order valence-corrected chi connectivity index (χ0v) is 12.7. The van der Waals surface area contributed by atoms with Gasteiger partial charge >= 0.3 is 5.97 Å². The number of carboxylic acid groups (broad SMARTS) is 1. The van der Waals surface area contributed by atoms with E-state index in [-0.39, 0.29) is 12.5 Å². The van der Waals surface area contributed by atoms with Crippen molar-refractivity contribution in [2.75, 3.05) is 0 Å². The van der Waals surface area contributed by atoms with E-state index in [0.717, 1.165) is 0 Å². The number of rotatable bonds is 6. The van der Waals surface area contributed by atoms with Crippen LogP contribution in [0.25, 0.3) is 11.4 Å². The van der Waals surface area contributed by atoms with E-state index in [4.69, 9.17) is 11.6 Å². The number of aliphatic carboxylic acids is 1. The van der Waals surface area contributed by atoms with E-state index in [2.05, 4.69) is 15.5 Å². The first-order chi connectivity index (χ1) is 9.99. The standard InChI is InChI=1S/C14H17ClN4O2/c1-9(2)7-10(14(20)21)8-19-13(16-17-18-19)11-5-3-4-6-12(11)15/h3-6,9-10H,7-8H2,1-2H3,(H,20,21). The van der Waals surface area contributed by atoms with Crippen molar-refractivity contribution in [2.24, 2.45) is 11.8 Å². The predicted octanol–water partition coefficient (Wildman–Crippen LogP) is 2.74. The molecule has 0 aliphatic heterocycles. The molecule has 21 heavy (non-hydrogen) atoms. The van der Waals surface area contributed by atoms with Crippen molar-refractivity contribution in [3.05, 3.63) is 29.3 Å². The number of halogens is 1. The number of aromatic nitrogens is 4. The molecule has 0 spiro atoms. The normalized spacial score (nSPS) is 12.6. The van der Waals surface area contributed by atoms with Crippen molar-refractivity contribution in [2.45, 2.75) is 26.8 Å². The maximum Gasteiger partial charge on any atom is 0.308 e. The van der Waals surface area contributed by atoms with Gasteiger partial charge in [0.1, 0.15) is 0 Å². The summed E-state index contributed by atoms with van der Waals surface area (Å²) >= 11 is 6.15. The zero-order chi connectivity index (χ0) is 15.4. The van der Waals surface area contributed by atoms with Crippen LogP contribution in [0.15, 0.2) is 24.3 Å². The molecule has 0 aliphatic carbocycles. The highest BCUT2D eigenvalue weighted by molar-refractivity contribution is 6.33. The minimum atomic E-state index is -0.843. The summed E-state index contributed by atoms with van der Waals surface area (Å²) in [6.07, 6.45) is 0.567. The average Bonchev–Trinajstić information content (AvgIpc) is 2.86. The molecular weight excluding hydrogens is 292 g/mol. The van der Waals surface area contributed by atoms with Crippen LogP contribution in [0.4, 0.5) is 0 Å². The quantitative estimate of drug-likeness (QED) is 0.887. The highest BCUT2D eigenvalue weighted by Crippen LogP contribution is 2.26. The topological polar surface area (TPSA) is 80.9 Å². The summed E-state index contributed by atoms with van der Waals surface area (Å²) in [6, 6.07) is 7.21. The number of carboxylic acids is 1. The van der Waals surface area contributed by atoms with Crippen LogP contribution in [0.3, 0.4) is 0 Å². The molecule has 0 radical (unpaired) electrons. The molecule has 6 nitrogen and oxygen atoms in total. The van der Waals surface area contributed by atoms with Crippen LogP contribution >= 0.6 is 11.6 Å². The number of nitrogens with zero attached hydrogens (tertiary/aromatic N) is 4. The van der Waals surface area contributed by atoms with Gasteiger partial charge in [-0.05, 0) is 34.9 Å². The molecule has 1 heterocycles. The van der Waals surface area contributed by atoms with Crippen molar-refractivity contribution < 1.29 is 9.90 Å². The van der Waals surface area contributed by atoms with Crippen molar-refractivity contribution in [1.82, 2.24) is 20.2 Å². The van der Waals surface area contributed by atoms with E-state index in [9.17, 15) is 9.90 Å². The fourth-order valence-electron chi connectivity index (χ4n) is 2.19. The third-order valence-corrected chi connectivity index (χ3v) is 3.47. The lowest BCUT2D eigenvalue weighted by atomic mass is 9.97. The third-order valence-electron chi connectivity index (χ3n) is 3.15. The first-order valence-corrected chi connectivity index (χ1v) is 7.10. The zero-order valence-electron chi connectivity index (χ0n) is 11.9. The molecule has 2 aromatic rings. The molecule has 0 fully saturated rings. The van der Waals surface area contributed by atoms with Gasteiger partial charge < -0.3 is 5.11 Å². The van der Waals surface area contributed by atoms with E-state index in [1.807, 2.05) is 32.0 Å². The summed E-state index contributed by atoms with van der Waals surface area (Å²) < 4.78 is 1.50. The van der Waals surface area contributed by atoms with Gasteiger partial charge in [0.05, 0.1) is 17.5 Å². The second-order valence-electron chi connectivity index (χ2n) is 5.33. The van der Waals surface area contributed by atoms with Gasteiger partial charge in [-0.1, -0.05) is 37.6 Å². The molecule has 0 saturated carbocycles. The molecule has 1 atom stereocenters. The molecular formula is C14H17ClN4O2. The van der Waals surface area contributed by atoms with Crippen molar-refractivity contribution in [3.63, 3.8) is 0 Å². The largest absolute Gasteiger partial charge is 0.481 e. The fourth-order valence-corrected chi connectivity index (χ4v) is 2.41. The van der Waals surface area contributed by atoms with Gasteiger partial charge in [0, 0.05) is 5.56 Å². The molecule has 1 unspecified atom stereocenters. The van der Waals surface area contributed by atoms with Crippen LogP contribution in [-0.2, 0) is 11.3 Å². The monoisotopic (exact) mass is 308 g/mol. The van der Waals surface area contributed by atoms with Crippen molar-refractivity contribution in [1.29, 1.82) is 0 Å². The lowest BCUT2D eigenvalue weighted by Gasteiger charge is -2.15. The van der Waals surface area contributed by atoms with Gasteiger partial charge in [0.2, 0.25) is 0 Å². The Morgan fingerprint density at radius 2 is 2.10 bits per heavy atom. The van der Waals surface area contributed by atoms with E-state index in [1.165, 1.54) is 4.68 Å². The number of hydrogen-bond donors (Lipinski definition) is 1. The maximum absolute atomic E-state index is 11.4. The van der Waals surface area contributed by atoms with E-state index >= 15 is 0 Å². The number of benzene rings is 1. The summed E-state index contributed by atoms with van der Waals surface area (Å²) in [6.45, 7) is 4.20. The summed E-state index contributed by atoms with van der Waals surface area (Å²) in [7, 11) is 0. The Bertz CT molecular complexity index is 627. The Kier molecular flexibility index (Phi) is 4.90. The Hall–Kier alpha value is -1.95. The third kappa shape index (κ3) is 3.78. The number of hydrogen-bond acceptors (Lipinski definition) is 4. The van der Waals surface area contributed by atoms with Crippen LogP contribution in [0.2, 0.25) is 5.02 Å². The maximum atomic E-state index is 11.4. The molecule has 0 saturated heterocycles. The predicted molar refractivity (Wildman–Crippen MR) is 78.8 cm³/mol. The molecule has 112 valence electrons. The second kappa shape index (κ2) is 6.67. The van der Waals surface area contributed by atoms with Gasteiger partial charge in [0.15, 0.2) is 5.82 Å². The Morgan fingerprint density at radius 1 is 1.38 bits per heavy atom. The van der Waals surface area contributed by atoms with Gasteiger partial charge in [-0.15, -0.1) is 5.10 Å². The Balaban J connectivity index is 2.28. The lowest BCUT2D eigenvalue weighted by Crippen LogP contribution is -2.23. The van der Waals surface area contributed by atoms with E-state index < -0.39 is 11.9 Å². The Morgan fingerprint density at radius 3 is 2.71 bits per heavy atom. The van der Waals surface area contributed by atoms with Gasteiger partial charge in [-0.3, -0.25) is 4.79 Å². The van der Waals surface area contributed by atoms with Crippen LogP contribution in [0, 0.1) is 11.8 Å². The highest BCUT2D eigenvalue weighted by Gasteiger charge is 2.22. The van der Waals surface area contributed by atoms with Crippen LogP contribution < -0.4 is 0 Å². The number of carbonyl (C=O) groups is 1. The molecule has 0 aliphatic rings. The van der Waals surface area contributed by atoms with E-state index in [0.29, 0.717) is 22.8 Å². The van der Waals surface area contributed by atoms with Crippen LogP contribution in [-0.4, -0.2) is 31.3 Å². The minimum Gasteiger partial charge on any atom is -0.481 e. The van der Waals surface area contributed by atoms with E-state index in [1.54, 1.807) is 6.07 Å². The van der Waals surface area contributed by atoms with Crippen molar-refractivity contribution in [3.8, 4) is 11.4 Å². The smallest absolute Gasteiger partial charge is 0.308 e. The second-order valence-corrected chi connectivity index (χ2v) is 5.74. The summed E-state index contributed by atoms with van der Waals surface area (Å²) in [4.78, 5) is 11.4. The molecule has 0 bridgehead atoms. The summed E-state index contributed by atoms with van der Waals surface area (Å²) in [5.74, 6) is -0.610. The molecule has 0 amide bonds. The summed E-state index contributed by atoms with van der Waals surface area (Å²) in [5.41, 5.74) is 0.692. The highest BCUT2D eigenvalue weighted by atomic mass is 35.5. The summed E-state index contributed by atoms with van der Waals surface area (Å²) in [5, 5.41) is 21.4.